The number of hydrogen-bond donors (Lipinski definition) is 2. The third-order valence-corrected chi connectivity index (χ3v) is 2.83. The van der Waals surface area contributed by atoms with E-state index in [1.807, 2.05) is 6.92 Å². The summed E-state index contributed by atoms with van der Waals surface area (Å²) in [4.78, 5) is 31.3. The van der Waals surface area contributed by atoms with Gasteiger partial charge in [-0.05, 0) is 13.0 Å². The highest BCUT2D eigenvalue weighted by Gasteiger charge is 2.14. The second kappa shape index (κ2) is 6.85. The largest absolute Gasteiger partial charge is 0.478 e. The zero-order valence-electron chi connectivity index (χ0n) is 11.9. The van der Waals surface area contributed by atoms with Crippen LogP contribution in [0.1, 0.15) is 17.3 Å². The Morgan fingerprint density at radius 3 is 2.95 bits per heavy atom. The molecule has 0 aromatic carbocycles. The molecule has 0 aliphatic rings. The Morgan fingerprint density at radius 1 is 1.43 bits per heavy atom. The molecule has 0 fully saturated rings. The third kappa shape index (κ3) is 3.38. The van der Waals surface area contributed by atoms with Gasteiger partial charge in [0.25, 0.3) is 5.91 Å². The lowest BCUT2D eigenvalue weighted by atomic mass is 10.2. The van der Waals surface area contributed by atoms with Crippen LogP contribution in [-0.4, -0.2) is 42.7 Å². The fraction of sp³-hybridized carbons (Fsp3) is 0.357. The monoisotopic (exact) mass is 291 g/mol. The second-order valence-corrected chi connectivity index (χ2v) is 4.26. The van der Waals surface area contributed by atoms with Crippen LogP contribution in [0.2, 0.25) is 0 Å². The third-order valence-electron chi connectivity index (χ3n) is 2.83. The first kappa shape index (κ1) is 15.0. The number of hydrogen-bond acceptors (Lipinski definition) is 5. The summed E-state index contributed by atoms with van der Waals surface area (Å²) in [6, 6.07) is 3.36. The molecule has 1 amide bonds. The molecule has 0 bridgehead atoms. The van der Waals surface area contributed by atoms with E-state index >= 15 is 0 Å². The lowest BCUT2D eigenvalue weighted by Crippen LogP contribution is -2.31. The number of nitrogens with zero attached hydrogens (tertiary/aromatic N) is 1. The summed E-state index contributed by atoms with van der Waals surface area (Å²) in [6.45, 7) is 2.99. The number of H-pyrrole nitrogens is 1. The molecule has 2 N–H and O–H groups in total. The molecule has 0 saturated heterocycles. The molecular weight excluding hydrogens is 274 g/mol. The molecule has 0 radical (unpaired) electrons. The normalized spacial score (nSPS) is 10.6. The van der Waals surface area contributed by atoms with E-state index in [9.17, 15) is 9.59 Å². The maximum Gasteiger partial charge on any atom is 0.256 e. The van der Waals surface area contributed by atoms with Crippen LogP contribution in [-0.2, 0) is 4.74 Å². The second-order valence-electron chi connectivity index (χ2n) is 4.26. The summed E-state index contributed by atoms with van der Waals surface area (Å²) in [5, 5.41) is 2.60. The minimum Gasteiger partial charge on any atom is -0.478 e. The van der Waals surface area contributed by atoms with E-state index in [2.05, 4.69) is 15.3 Å². The lowest BCUT2D eigenvalue weighted by Gasteiger charge is -2.06. The van der Waals surface area contributed by atoms with Crippen molar-refractivity contribution in [1.82, 2.24) is 15.3 Å². The number of carbonyl (C=O) groups excluding carboxylic acids is 1. The number of pyridine rings is 2. The summed E-state index contributed by atoms with van der Waals surface area (Å²) in [5.41, 5.74) is 0.317. The van der Waals surface area contributed by atoms with Crippen LogP contribution in [0, 0.1) is 0 Å². The Morgan fingerprint density at radius 2 is 2.24 bits per heavy atom. The SMILES string of the molecule is CCOc1ccc2[nH]cc(C(=O)NCCOC)c(=O)c2n1. The van der Waals surface area contributed by atoms with Gasteiger partial charge in [0.2, 0.25) is 11.3 Å². The number of fused-ring (bicyclic) bond motifs is 1. The summed E-state index contributed by atoms with van der Waals surface area (Å²) in [6.07, 6.45) is 1.38. The van der Waals surface area contributed by atoms with Crippen LogP contribution >= 0.6 is 0 Å². The van der Waals surface area contributed by atoms with Gasteiger partial charge in [0.05, 0.1) is 18.7 Å². The zero-order valence-corrected chi connectivity index (χ0v) is 11.9. The van der Waals surface area contributed by atoms with Crippen molar-refractivity contribution in [2.45, 2.75) is 6.92 Å². The molecule has 112 valence electrons. The molecule has 2 heterocycles. The van der Waals surface area contributed by atoms with E-state index in [0.29, 0.717) is 31.2 Å². The maximum absolute atomic E-state index is 12.3. The number of carbonyl (C=O) groups is 1. The molecular formula is C14H17N3O4. The molecule has 0 aliphatic carbocycles. The molecule has 0 saturated carbocycles. The predicted molar refractivity (Wildman–Crippen MR) is 77.7 cm³/mol. The van der Waals surface area contributed by atoms with Gasteiger partial charge in [-0.2, -0.15) is 0 Å². The minimum absolute atomic E-state index is 0.0137. The van der Waals surface area contributed by atoms with Crippen molar-refractivity contribution in [3.63, 3.8) is 0 Å². The number of aromatic nitrogens is 2. The fourth-order valence-corrected chi connectivity index (χ4v) is 1.83. The zero-order chi connectivity index (χ0) is 15.2. The van der Waals surface area contributed by atoms with E-state index in [0.717, 1.165) is 0 Å². The molecule has 21 heavy (non-hydrogen) atoms. The van der Waals surface area contributed by atoms with Gasteiger partial charge in [0.1, 0.15) is 11.1 Å². The van der Waals surface area contributed by atoms with Gasteiger partial charge >= 0.3 is 0 Å². The molecule has 0 aliphatic heterocycles. The van der Waals surface area contributed by atoms with Crippen molar-refractivity contribution in [3.05, 3.63) is 34.1 Å². The summed E-state index contributed by atoms with van der Waals surface area (Å²) in [5.74, 6) is -0.105. The average molecular weight is 291 g/mol. The first-order valence-electron chi connectivity index (χ1n) is 6.59. The van der Waals surface area contributed by atoms with E-state index in [1.54, 1.807) is 12.1 Å². The van der Waals surface area contributed by atoms with Crippen molar-refractivity contribution in [1.29, 1.82) is 0 Å². The molecule has 0 unspecified atom stereocenters. The van der Waals surface area contributed by atoms with Crippen LogP contribution in [0.3, 0.4) is 0 Å². The van der Waals surface area contributed by atoms with Gasteiger partial charge < -0.3 is 19.8 Å². The van der Waals surface area contributed by atoms with Crippen LogP contribution in [0.15, 0.2) is 23.1 Å². The molecule has 0 spiro atoms. The van der Waals surface area contributed by atoms with Crippen molar-refractivity contribution in [2.75, 3.05) is 26.9 Å². The van der Waals surface area contributed by atoms with Gasteiger partial charge in [-0.25, -0.2) is 4.98 Å². The Balaban J connectivity index is 2.35. The predicted octanol–water partition coefficient (Wildman–Crippen LogP) is 0.698. The van der Waals surface area contributed by atoms with Crippen molar-refractivity contribution in [2.24, 2.45) is 0 Å². The number of methoxy groups -OCH3 is 1. The first-order chi connectivity index (χ1) is 10.2. The van der Waals surface area contributed by atoms with E-state index in [-0.39, 0.29) is 11.1 Å². The molecule has 2 aromatic heterocycles. The highest BCUT2D eigenvalue weighted by Crippen LogP contribution is 2.12. The molecule has 0 atom stereocenters. The number of ether oxygens (including phenoxy) is 2. The number of rotatable bonds is 6. The summed E-state index contributed by atoms with van der Waals surface area (Å²) < 4.78 is 10.1. The van der Waals surface area contributed by atoms with E-state index < -0.39 is 11.3 Å². The first-order valence-corrected chi connectivity index (χ1v) is 6.59. The van der Waals surface area contributed by atoms with Crippen LogP contribution in [0.4, 0.5) is 0 Å². The number of amides is 1. The number of aromatic amines is 1. The van der Waals surface area contributed by atoms with Crippen LogP contribution < -0.4 is 15.5 Å². The molecule has 2 rings (SSSR count). The smallest absolute Gasteiger partial charge is 0.256 e. The van der Waals surface area contributed by atoms with Gasteiger partial charge in [-0.3, -0.25) is 9.59 Å². The summed E-state index contributed by atoms with van der Waals surface area (Å²) >= 11 is 0. The van der Waals surface area contributed by atoms with Crippen molar-refractivity contribution >= 4 is 16.9 Å². The molecule has 7 heteroatoms. The van der Waals surface area contributed by atoms with Crippen LogP contribution in [0.25, 0.3) is 11.0 Å². The Labute approximate surface area is 121 Å². The Hall–Kier alpha value is -2.41. The van der Waals surface area contributed by atoms with Gasteiger partial charge in [-0.1, -0.05) is 0 Å². The standard InChI is InChI=1S/C14H17N3O4/c1-3-21-11-5-4-10-12(17-11)13(18)9(8-16-10)14(19)15-6-7-20-2/h4-5,8H,3,6-7H2,1-2H3,(H,15,19)(H,16,18). The highest BCUT2D eigenvalue weighted by molar-refractivity contribution is 5.96. The van der Waals surface area contributed by atoms with E-state index in [1.165, 1.54) is 13.3 Å². The van der Waals surface area contributed by atoms with E-state index in [4.69, 9.17) is 9.47 Å². The van der Waals surface area contributed by atoms with Crippen molar-refractivity contribution in [3.8, 4) is 5.88 Å². The quantitative estimate of drug-likeness (QED) is 0.764. The highest BCUT2D eigenvalue weighted by atomic mass is 16.5. The minimum atomic E-state index is -0.459. The van der Waals surface area contributed by atoms with Gasteiger partial charge in [0.15, 0.2) is 0 Å². The molecule has 2 aromatic rings. The fourth-order valence-electron chi connectivity index (χ4n) is 1.83. The Bertz CT molecular complexity index is 696. The maximum atomic E-state index is 12.3. The summed E-state index contributed by atoms with van der Waals surface area (Å²) in [7, 11) is 1.54. The molecule has 7 nitrogen and oxygen atoms in total. The number of nitrogens with one attached hydrogen (secondary N) is 2. The average Bonchev–Trinajstić information content (AvgIpc) is 2.48. The van der Waals surface area contributed by atoms with Crippen LogP contribution in [0.5, 0.6) is 5.88 Å². The van der Waals surface area contributed by atoms with Gasteiger partial charge in [-0.15, -0.1) is 0 Å². The Kier molecular flexibility index (Phi) is 4.89. The van der Waals surface area contributed by atoms with Crippen molar-refractivity contribution < 1.29 is 14.3 Å². The topological polar surface area (TPSA) is 93.3 Å². The van der Waals surface area contributed by atoms with Gasteiger partial charge in [0, 0.05) is 25.9 Å². The lowest BCUT2D eigenvalue weighted by molar-refractivity contribution is 0.0936.